The molecular formula is C14H10F2S. The molecule has 0 aromatic heterocycles. The Morgan fingerprint density at radius 2 is 1.59 bits per heavy atom. The van der Waals surface area contributed by atoms with Crippen molar-refractivity contribution in [2.45, 2.75) is 17.1 Å². The zero-order valence-electron chi connectivity index (χ0n) is 9.04. The molecule has 0 saturated carbocycles. The highest BCUT2D eigenvalue weighted by Gasteiger charge is 2.18. The van der Waals surface area contributed by atoms with Crippen molar-refractivity contribution in [2.24, 2.45) is 0 Å². The normalized spacial score (nSPS) is 13.8. The summed E-state index contributed by atoms with van der Waals surface area (Å²) in [5.41, 5.74) is 2.54. The van der Waals surface area contributed by atoms with Crippen LogP contribution in [0, 0.1) is 11.6 Å². The minimum absolute atomic E-state index is 0.194. The molecule has 0 spiro atoms. The zero-order chi connectivity index (χ0) is 11.8. The molecule has 0 fully saturated rings. The van der Waals surface area contributed by atoms with Crippen LogP contribution in [0.25, 0.3) is 0 Å². The summed E-state index contributed by atoms with van der Waals surface area (Å²) in [6, 6.07) is 10.1. The summed E-state index contributed by atoms with van der Waals surface area (Å²) in [4.78, 5) is 0.656. The van der Waals surface area contributed by atoms with E-state index in [0.717, 1.165) is 11.1 Å². The second-order valence-electron chi connectivity index (χ2n) is 4.07. The number of hydrogen-bond acceptors (Lipinski definition) is 1. The number of fused-ring (bicyclic) bond motifs is 2. The maximum atomic E-state index is 13.7. The third-order valence-electron chi connectivity index (χ3n) is 3.00. The molecule has 2 aromatic carbocycles. The van der Waals surface area contributed by atoms with E-state index in [1.807, 2.05) is 12.1 Å². The summed E-state index contributed by atoms with van der Waals surface area (Å²) in [5.74, 6) is 0.224. The third-order valence-corrected chi connectivity index (χ3v) is 4.20. The zero-order valence-corrected chi connectivity index (χ0v) is 9.86. The van der Waals surface area contributed by atoms with Crippen LogP contribution in [0.15, 0.2) is 41.3 Å². The molecule has 1 heterocycles. The van der Waals surface area contributed by atoms with Crippen LogP contribution in [0.1, 0.15) is 16.7 Å². The highest BCUT2D eigenvalue weighted by atomic mass is 32.2. The Morgan fingerprint density at radius 1 is 0.882 bits per heavy atom. The average Bonchev–Trinajstić information content (AvgIpc) is 2.50. The largest absolute Gasteiger partial charge is 0.207 e. The Morgan fingerprint density at radius 3 is 2.41 bits per heavy atom. The molecule has 0 unspecified atom stereocenters. The number of halogens is 2. The molecule has 0 amide bonds. The predicted octanol–water partition coefficient (Wildman–Crippen LogP) is 4.16. The van der Waals surface area contributed by atoms with Gasteiger partial charge in [-0.25, -0.2) is 8.78 Å². The van der Waals surface area contributed by atoms with Crippen LogP contribution < -0.4 is 0 Å². The van der Waals surface area contributed by atoms with E-state index in [9.17, 15) is 8.78 Å². The Bertz CT molecular complexity index is 578. The summed E-state index contributed by atoms with van der Waals surface area (Å²) >= 11 is 1.45. The van der Waals surface area contributed by atoms with E-state index in [1.165, 1.54) is 23.9 Å². The monoisotopic (exact) mass is 248 g/mol. The maximum Gasteiger partial charge on any atom is 0.137 e. The van der Waals surface area contributed by atoms with E-state index < -0.39 is 0 Å². The molecule has 0 nitrogen and oxygen atoms in total. The predicted molar refractivity (Wildman–Crippen MR) is 65.2 cm³/mol. The summed E-state index contributed by atoms with van der Waals surface area (Å²) in [6.07, 6.45) is 0.474. The van der Waals surface area contributed by atoms with Gasteiger partial charge in [0.15, 0.2) is 0 Å². The maximum absolute atomic E-state index is 13.7. The van der Waals surface area contributed by atoms with Gasteiger partial charge in [0.2, 0.25) is 0 Å². The highest BCUT2D eigenvalue weighted by Crippen LogP contribution is 2.36. The number of benzene rings is 2. The van der Waals surface area contributed by atoms with Gasteiger partial charge in [-0.05, 0) is 28.8 Å². The minimum atomic E-state index is -0.208. The van der Waals surface area contributed by atoms with Crippen molar-refractivity contribution in [1.82, 2.24) is 0 Å². The molecule has 1 aliphatic rings. The molecule has 0 saturated heterocycles. The van der Waals surface area contributed by atoms with Gasteiger partial charge >= 0.3 is 0 Å². The highest BCUT2D eigenvalue weighted by molar-refractivity contribution is 7.98. The molecule has 3 heteroatoms. The Labute approximate surface area is 103 Å². The Balaban J connectivity index is 2.15. The first kappa shape index (κ1) is 10.8. The van der Waals surface area contributed by atoms with E-state index in [1.54, 1.807) is 12.1 Å². The third kappa shape index (κ3) is 1.84. The molecule has 0 atom stereocenters. The van der Waals surface area contributed by atoms with Crippen LogP contribution in [-0.2, 0) is 12.2 Å². The van der Waals surface area contributed by atoms with Crippen LogP contribution in [0.4, 0.5) is 8.78 Å². The first-order valence-electron chi connectivity index (χ1n) is 5.42. The standard InChI is InChI=1S/C14H10F2S/c15-12-5-2-4-10-8-17-14-9(7-11(10)12)3-1-6-13(14)16/h1-6H,7-8H2. The quantitative estimate of drug-likeness (QED) is 0.674. The summed E-state index contributed by atoms with van der Waals surface area (Å²) in [7, 11) is 0. The first-order valence-corrected chi connectivity index (χ1v) is 6.41. The summed E-state index contributed by atoms with van der Waals surface area (Å²) in [6.45, 7) is 0. The van der Waals surface area contributed by atoms with Crippen LogP contribution in [-0.4, -0.2) is 0 Å². The lowest BCUT2D eigenvalue weighted by Gasteiger charge is -2.06. The number of thioether (sulfide) groups is 1. The number of hydrogen-bond donors (Lipinski definition) is 0. The fraction of sp³-hybridized carbons (Fsp3) is 0.143. The summed E-state index contributed by atoms with van der Waals surface area (Å²) < 4.78 is 27.4. The molecule has 86 valence electrons. The van der Waals surface area contributed by atoms with Gasteiger partial charge < -0.3 is 0 Å². The minimum Gasteiger partial charge on any atom is -0.207 e. The fourth-order valence-electron chi connectivity index (χ4n) is 2.13. The molecule has 0 N–H and O–H groups in total. The van der Waals surface area contributed by atoms with E-state index in [2.05, 4.69) is 0 Å². The SMILES string of the molecule is Fc1cccc2c1Cc1cccc(F)c1SC2. The van der Waals surface area contributed by atoms with Crippen molar-refractivity contribution in [1.29, 1.82) is 0 Å². The lowest BCUT2D eigenvalue weighted by atomic mass is 10.00. The molecule has 0 radical (unpaired) electrons. The van der Waals surface area contributed by atoms with Gasteiger partial charge in [0.25, 0.3) is 0 Å². The lowest BCUT2D eigenvalue weighted by Crippen LogP contribution is -1.96. The van der Waals surface area contributed by atoms with Crippen LogP contribution in [0.5, 0.6) is 0 Å². The van der Waals surface area contributed by atoms with Gasteiger partial charge in [-0.2, -0.15) is 0 Å². The second-order valence-corrected chi connectivity index (χ2v) is 5.06. The van der Waals surface area contributed by atoms with Crippen molar-refractivity contribution in [3.05, 3.63) is 64.7 Å². The van der Waals surface area contributed by atoms with Crippen molar-refractivity contribution in [3.8, 4) is 0 Å². The number of rotatable bonds is 0. The van der Waals surface area contributed by atoms with Gasteiger partial charge in [-0.1, -0.05) is 24.3 Å². The van der Waals surface area contributed by atoms with E-state index in [4.69, 9.17) is 0 Å². The summed E-state index contributed by atoms with van der Waals surface area (Å²) in [5, 5.41) is 0. The van der Waals surface area contributed by atoms with Crippen LogP contribution in [0.2, 0.25) is 0 Å². The van der Waals surface area contributed by atoms with Gasteiger partial charge in [0.1, 0.15) is 11.6 Å². The van der Waals surface area contributed by atoms with Crippen LogP contribution >= 0.6 is 11.8 Å². The molecule has 0 aliphatic carbocycles. The molecule has 3 rings (SSSR count). The fourth-order valence-corrected chi connectivity index (χ4v) is 3.23. The van der Waals surface area contributed by atoms with Crippen molar-refractivity contribution in [3.63, 3.8) is 0 Å². The van der Waals surface area contributed by atoms with E-state index >= 15 is 0 Å². The van der Waals surface area contributed by atoms with Crippen molar-refractivity contribution in [2.75, 3.05) is 0 Å². The molecular weight excluding hydrogens is 238 g/mol. The van der Waals surface area contributed by atoms with Gasteiger partial charge in [0.05, 0.1) is 0 Å². The lowest BCUT2D eigenvalue weighted by molar-refractivity contribution is 0.595. The molecule has 2 aromatic rings. The average molecular weight is 248 g/mol. The van der Waals surface area contributed by atoms with Gasteiger partial charge in [0, 0.05) is 17.1 Å². The van der Waals surface area contributed by atoms with Gasteiger partial charge in [-0.15, -0.1) is 11.8 Å². The van der Waals surface area contributed by atoms with Crippen molar-refractivity contribution < 1.29 is 8.78 Å². The second kappa shape index (κ2) is 4.15. The Kier molecular flexibility index (Phi) is 2.63. The topological polar surface area (TPSA) is 0 Å². The van der Waals surface area contributed by atoms with Gasteiger partial charge in [-0.3, -0.25) is 0 Å². The molecule has 1 aliphatic heterocycles. The van der Waals surface area contributed by atoms with Crippen molar-refractivity contribution >= 4 is 11.8 Å². The van der Waals surface area contributed by atoms with E-state index in [-0.39, 0.29) is 11.6 Å². The van der Waals surface area contributed by atoms with E-state index in [0.29, 0.717) is 22.6 Å². The molecule has 0 bridgehead atoms. The van der Waals surface area contributed by atoms with Crippen LogP contribution in [0.3, 0.4) is 0 Å². The Hall–Kier alpha value is -1.35. The molecule has 17 heavy (non-hydrogen) atoms. The first-order chi connectivity index (χ1) is 8.25. The smallest absolute Gasteiger partial charge is 0.137 e.